The molecule has 110 valence electrons. The minimum atomic E-state index is -0.145. The highest BCUT2D eigenvalue weighted by molar-refractivity contribution is 6.06. The molecular formula is C18H16N2O2. The molecule has 1 amide bonds. The number of hydrogen-bond donors (Lipinski definition) is 1. The van der Waals surface area contributed by atoms with Crippen LogP contribution in [-0.2, 0) is 7.05 Å². The second-order valence-electron chi connectivity index (χ2n) is 5.24. The van der Waals surface area contributed by atoms with Crippen molar-refractivity contribution in [1.82, 2.24) is 4.57 Å². The van der Waals surface area contributed by atoms with Crippen molar-refractivity contribution in [2.45, 2.75) is 6.92 Å². The smallest absolute Gasteiger partial charge is 0.255 e. The average Bonchev–Trinajstić information content (AvgIpc) is 2.87. The van der Waals surface area contributed by atoms with Crippen molar-refractivity contribution < 1.29 is 9.59 Å². The van der Waals surface area contributed by atoms with E-state index in [1.165, 1.54) is 0 Å². The number of aryl methyl sites for hydroxylation is 2. The Morgan fingerprint density at radius 2 is 1.86 bits per heavy atom. The van der Waals surface area contributed by atoms with E-state index in [1.807, 2.05) is 54.9 Å². The second kappa shape index (κ2) is 5.48. The minimum absolute atomic E-state index is 0.145. The summed E-state index contributed by atoms with van der Waals surface area (Å²) in [7, 11) is 1.85. The fraction of sp³-hybridized carbons (Fsp3) is 0.111. The van der Waals surface area contributed by atoms with Crippen LogP contribution in [0.4, 0.5) is 5.69 Å². The van der Waals surface area contributed by atoms with Gasteiger partial charge in [0.05, 0.1) is 11.2 Å². The average molecular weight is 292 g/mol. The lowest BCUT2D eigenvalue weighted by atomic mass is 10.1. The van der Waals surface area contributed by atoms with E-state index in [0.29, 0.717) is 11.3 Å². The number of hydrogen-bond acceptors (Lipinski definition) is 2. The Kier molecular flexibility index (Phi) is 3.51. The van der Waals surface area contributed by atoms with Gasteiger partial charge < -0.3 is 9.88 Å². The Bertz CT molecular complexity index is 864. The van der Waals surface area contributed by atoms with E-state index in [2.05, 4.69) is 5.32 Å². The molecule has 1 N–H and O–H groups in total. The van der Waals surface area contributed by atoms with Crippen molar-refractivity contribution in [1.29, 1.82) is 0 Å². The third kappa shape index (κ3) is 2.29. The molecule has 0 aliphatic carbocycles. The molecule has 2 aromatic carbocycles. The van der Waals surface area contributed by atoms with Crippen LogP contribution in [0.15, 0.2) is 48.5 Å². The molecule has 0 aliphatic heterocycles. The standard InChI is InChI=1S/C18H16N2O2/c1-12-16(19-18(22)13-6-4-3-5-7-13)9-8-14-10-15(11-21)20(2)17(12)14/h3-11H,1-2H3,(H,19,22). The zero-order chi connectivity index (χ0) is 15.7. The van der Waals surface area contributed by atoms with Crippen LogP contribution in [-0.4, -0.2) is 16.8 Å². The topological polar surface area (TPSA) is 51.1 Å². The van der Waals surface area contributed by atoms with Crippen LogP contribution in [0.1, 0.15) is 26.4 Å². The highest BCUT2D eigenvalue weighted by Gasteiger charge is 2.13. The Balaban J connectivity index is 2.01. The summed E-state index contributed by atoms with van der Waals surface area (Å²) in [6, 6.07) is 14.7. The van der Waals surface area contributed by atoms with Crippen molar-refractivity contribution in [3.63, 3.8) is 0 Å². The molecule has 0 atom stereocenters. The molecule has 0 saturated heterocycles. The van der Waals surface area contributed by atoms with Crippen LogP contribution < -0.4 is 5.32 Å². The van der Waals surface area contributed by atoms with E-state index in [9.17, 15) is 9.59 Å². The quantitative estimate of drug-likeness (QED) is 0.750. The summed E-state index contributed by atoms with van der Waals surface area (Å²) in [5.74, 6) is -0.145. The van der Waals surface area contributed by atoms with Crippen LogP contribution in [0.3, 0.4) is 0 Å². The number of rotatable bonds is 3. The molecule has 4 heteroatoms. The van der Waals surface area contributed by atoms with E-state index in [0.717, 1.165) is 28.4 Å². The van der Waals surface area contributed by atoms with Crippen molar-refractivity contribution in [3.8, 4) is 0 Å². The number of carbonyl (C=O) groups is 2. The molecule has 0 fully saturated rings. The summed E-state index contributed by atoms with van der Waals surface area (Å²) in [6.45, 7) is 1.94. The Labute approximate surface area is 128 Å². The fourth-order valence-corrected chi connectivity index (χ4v) is 2.70. The van der Waals surface area contributed by atoms with Crippen LogP contribution in [0, 0.1) is 6.92 Å². The Hall–Kier alpha value is -2.88. The van der Waals surface area contributed by atoms with Gasteiger partial charge in [0.15, 0.2) is 6.29 Å². The lowest BCUT2D eigenvalue weighted by molar-refractivity contribution is 0.102. The minimum Gasteiger partial charge on any atom is -0.341 e. The molecule has 0 unspecified atom stereocenters. The predicted octanol–water partition coefficient (Wildman–Crippen LogP) is 3.55. The molecule has 1 aromatic heterocycles. The number of benzene rings is 2. The van der Waals surface area contributed by atoms with Crippen molar-refractivity contribution in [2.75, 3.05) is 5.32 Å². The summed E-state index contributed by atoms with van der Waals surface area (Å²) in [5.41, 5.74) is 3.87. The summed E-state index contributed by atoms with van der Waals surface area (Å²) in [5, 5.41) is 3.92. The molecule has 0 bridgehead atoms. The molecule has 1 heterocycles. The van der Waals surface area contributed by atoms with Gasteiger partial charge in [-0.3, -0.25) is 9.59 Å². The monoisotopic (exact) mass is 292 g/mol. The van der Waals surface area contributed by atoms with E-state index < -0.39 is 0 Å². The zero-order valence-corrected chi connectivity index (χ0v) is 12.5. The van der Waals surface area contributed by atoms with Crippen molar-refractivity contribution in [3.05, 3.63) is 65.4 Å². The highest BCUT2D eigenvalue weighted by Crippen LogP contribution is 2.27. The normalized spacial score (nSPS) is 10.6. The van der Waals surface area contributed by atoms with Crippen LogP contribution >= 0.6 is 0 Å². The van der Waals surface area contributed by atoms with Gasteiger partial charge in [-0.2, -0.15) is 0 Å². The molecule has 0 radical (unpaired) electrons. The predicted molar refractivity (Wildman–Crippen MR) is 87.4 cm³/mol. The molecule has 3 rings (SSSR count). The number of nitrogens with one attached hydrogen (secondary N) is 1. The van der Waals surface area contributed by atoms with Crippen molar-refractivity contribution >= 4 is 28.8 Å². The van der Waals surface area contributed by atoms with Gasteiger partial charge in [0.2, 0.25) is 0 Å². The first kappa shape index (κ1) is 14.1. The van der Waals surface area contributed by atoms with E-state index in [1.54, 1.807) is 12.1 Å². The van der Waals surface area contributed by atoms with Gasteiger partial charge in [0.25, 0.3) is 5.91 Å². The summed E-state index contributed by atoms with van der Waals surface area (Å²) in [4.78, 5) is 23.3. The number of amides is 1. The molecule has 0 aliphatic rings. The Morgan fingerprint density at radius 1 is 1.14 bits per heavy atom. The van der Waals surface area contributed by atoms with Gasteiger partial charge in [-0.1, -0.05) is 24.3 Å². The van der Waals surface area contributed by atoms with E-state index >= 15 is 0 Å². The maximum Gasteiger partial charge on any atom is 0.255 e. The SMILES string of the molecule is Cc1c(NC(=O)c2ccccc2)ccc2cc(C=O)n(C)c12. The summed E-state index contributed by atoms with van der Waals surface area (Å²) in [6.07, 6.45) is 0.835. The van der Waals surface area contributed by atoms with Gasteiger partial charge in [-0.15, -0.1) is 0 Å². The van der Waals surface area contributed by atoms with Gasteiger partial charge in [0, 0.05) is 23.7 Å². The lowest BCUT2D eigenvalue weighted by Gasteiger charge is -2.11. The molecule has 3 aromatic rings. The third-order valence-electron chi connectivity index (χ3n) is 3.89. The van der Waals surface area contributed by atoms with Gasteiger partial charge >= 0.3 is 0 Å². The first-order valence-corrected chi connectivity index (χ1v) is 7.02. The first-order chi connectivity index (χ1) is 10.6. The number of aldehydes is 1. The second-order valence-corrected chi connectivity index (χ2v) is 5.24. The largest absolute Gasteiger partial charge is 0.341 e. The number of anilines is 1. The molecule has 22 heavy (non-hydrogen) atoms. The number of aromatic nitrogens is 1. The first-order valence-electron chi connectivity index (χ1n) is 7.02. The van der Waals surface area contributed by atoms with Crippen LogP contribution in [0.2, 0.25) is 0 Å². The molecule has 0 saturated carbocycles. The number of nitrogens with zero attached hydrogens (tertiary/aromatic N) is 1. The molecule has 0 spiro atoms. The number of carbonyl (C=O) groups excluding carboxylic acids is 2. The summed E-state index contributed by atoms with van der Waals surface area (Å²) >= 11 is 0. The zero-order valence-electron chi connectivity index (χ0n) is 12.5. The highest BCUT2D eigenvalue weighted by atomic mass is 16.1. The molecule has 4 nitrogen and oxygen atoms in total. The van der Waals surface area contributed by atoms with E-state index in [-0.39, 0.29) is 5.91 Å². The fourth-order valence-electron chi connectivity index (χ4n) is 2.70. The van der Waals surface area contributed by atoms with E-state index in [4.69, 9.17) is 0 Å². The lowest BCUT2D eigenvalue weighted by Crippen LogP contribution is -2.12. The third-order valence-corrected chi connectivity index (χ3v) is 3.89. The van der Waals surface area contributed by atoms with Crippen LogP contribution in [0.25, 0.3) is 10.9 Å². The van der Waals surface area contributed by atoms with Gasteiger partial charge in [-0.05, 0) is 36.8 Å². The molecular weight excluding hydrogens is 276 g/mol. The van der Waals surface area contributed by atoms with Crippen molar-refractivity contribution in [2.24, 2.45) is 7.05 Å². The maximum atomic E-state index is 12.3. The summed E-state index contributed by atoms with van der Waals surface area (Å²) < 4.78 is 1.84. The maximum absolute atomic E-state index is 12.3. The van der Waals surface area contributed by atoms with Gasteiger partial charge in [0.1, 0.15) is 0 Å². The van der Waals surface area contributed by atoms with Gasteiger partial charge in [-0.25, -0.2) is 0 Å². The number of fused-ring (bicyclic) bond motifs is 1. The van der Waals surface area contributed by atoms with Crippen LogP contribution in [0.5, 0.6) is 0 Å². The Morgan fingerprint density at radius 3 is 2.55 bits per heavy atom.